The minimum absolute atomic E-state index is 0.110. The van der Waals surface area contributed by atoms with Gasteiger partial charge in [0.2, 0.25) is 0 Å². The Balaban J connectivity index is 1.90. The van der Waals surface area contributed by atoms with E-state index in [1.807, 2.05) is 59.7 Å². The number of aryl methyl sites for hydroxylation is 1. The highest BCUT2D eigenvalue weighted by atomic mass is 16.7. The molecule has 1 atom stereocenters. The molecule has 0 spiro atoms. The highest BCUT2D eigenvalue weighted by Crippen LogP contribution is 2.36. The van der Waals surface area contributed by atoms with Crippen LogP contribution >= 0.6 is 0 Å². The SMILES string of the molecule is Cc1cc(N[C@@H](C)/C=C/B2OC(C)(C)C(C)(C)O2)no1. The van der Waals surface area contributed by atoms with Gasteiger partial charge in [-0.1, -0.05) is 17.2 Å². The van der Waals surface area contributed by atoms with Crippen molar-refractivity contribution in [2.75, 3.05) is 5.32 Å². The van der Waals surface area contributed by atoms with E-state index in [1.54, 1.807) is 0 Å². The molecule has 1 fully saturated rings. The van der Waals surface area contributed by atoms with Gasteiger partial charge in [0.1, 0.15) is 5.76 Å². The summed E-state index contributed by atoms with van der Waals surface area (Å²) in [4.78, 5) is 0. The molecule has 5 nitrogen and oxygen atoms in total. The Labute approximate surface area is 120 Å². The highest BCUT2D eigenvalue weighted by molar-refractivity contribution is 6.51. The molecule has 20 heavy (non-hydrogen) atoms. The first-order valence-electron chi connectivity index (χ1n) is 6.93. The van der Waals surface area contributed by atoms with E-state index in [9.17, 15) is 0 Å². The molecule has 0 saturated carbocycles. The second-order valence-electron chi connectivity index (χ2n) is 6.27. The first kappa shape index (κ1) is 15.1. The van der Waals surface area contributed by atoms with Crippen LogP contribution in [0, 0.1) is 6.92 Å². The van der Waals surface area contributed by atoms with Gasteiger partial charge in [-0.15, -0.1) is 0 Å². The normalized spacial score (nSPS) is 22.4. The summed E-state index contributed by atoms with van der Waals surface area (Å²) in [5, 5.41) is 7.12. The number of rotatable bonds is 4. The van der Waals surface area contributed by atoms with Crippen molar-refractivity contribution in [3.8, 4) is 0 Å². The number of anilines is 1. The maximum absolute atomic E-state index is 5.90. The zero-order valence-corrected chi connectivity index (χ0v) is 13.1. The van der Waals surface area contributed by atoms with Gasteiger partial charge in [0, 0.05) is 12.1 Å². The molecule has 0 radical (unpaired) electrons. The van der Waals surface area contributed by atoms with E-state index in [4.69, 9.17) is 13.8 Å². The lowest BCUT2D eigenvalue weighted by atomic mass is 9.89. The van der Waals surface area contributed by atoms with Gasteiger partial charge in [-0.25, -0.2) is 0 Å². The smallest absolute Gasteiger partial charge is 0.400 e. The van der Waals surface area contributed by atoms with Crippen LogP contribution in [-0.2, 0) is 9.31 Å². The Hall–Kier alpha value is -1.27. The molecule has 0 aromatic carbocycles. The van der Waals surface area contributed by atoms with E-state index in [0.29, 0.717) is 0 Å². The Kier molecular flexibility index (Phi) is 3.98. The van der Waals surface area contributed by atoms with Crippen LogP contribution in [0.25, 0.3) is 0 Å². The van der Waals surface area contributed by atoms with Crippen LogP contribution in [0.15, 0.2) is 22.6 Å². The second kappa shape index (κ2) is 5.26. The number of aromatic nitrogens is 1. The van der Waals surface area contributed by atoms with Crippen LogP contribution in [0.1, 0.15) is 40.4 Å². The lowest BCUT2D eigenvalue weighted by Crippen LogP contribution is -2.41. The molecule has 0 bridgehead atoms. The van der Waals surface area contributed by atoms with Gasteiger partial charge < -0.3 is 19.1 Å². The summed E-state index contributed by atoms with van der Waals surface area (Å²) in [5.41, 5.74) is -0.607. The Morgan fingerprint density at radius 1 is 1.25 bits per heavy atom. The third kappa shape index (κ3) is 3.24. The summed E-state index contributed by atoms with van der Waals surface area (Å²) in [6.07, 6.45) is 2.01. The van der Waals surface area contributed by atoms with E-state index in [0.717, 1.165) is 11.6 Å². The minimum atomic E-state index is -0.316. The molecule has 1 aliphatic rings. The molecular weight excluding hydrogens is 255 g/mol. The van der Waals surface area contributed by atoms with Gasteiger partial charge >= 0.3 is 7.12 Å². The summed E-state index contributed by atoms with van der Waals surface area (Å²) in [7, 11) is -0.316. The largest absolute Gasteiger partial charge is 0.486 e. The fourth-order valence-electron chi connectivity index (χ4n) is 1.94. The fourth-order valence-corrected chi connectivity index (χ4v) is 1.94. The summed E-state index contributed by atoms with van der Waals surface area (Å²) in [5.74, 6) is 3.45. The number of hydrogen-bond donors (Lipinski definition) is 1. The Morgan fingerprint density at radius 3 is 2.35 bits per heavy atom. The van der Waals surface area contributed by atoms with Crippen molar-refractivity contribution < 1.29 is 13.8 Å². The Bertz CT molecular complexity index is 480. The number of nitrogens with one attached hydrogen (secondary N) is 1. The fraction of sp³-hybridized carbons (Fsp3) is 0.643. The van der Waals surface area contributed by atoms with Crippen LogP contribution in [0.2, 0.25) is 0 Å². The molecule has 2 heterocycles. The first-order valence-corrected chi connectivity index (χ1v) is 6.93. The van der Waals surface area contributed by atoms with Crippen molar-refractivity contribution in [2.45, 2.75) is 58.8 Å². The molecule has 1 aromatic rings. The van der Waals surface area contributed by atoms with E-state index < -0.39 is 0 Å². The molecule has 110 valence electrons. The molecule has 1 aliphatic heterocycles. The van der Waals surface area contributed by atoms with Gasteiger partial charge in [0.05, 0.1) is 11.2 Å². The second-order valence-corrected chi connectivity index (χ2v) is 6.27. The molecular formula is C14H23BN2O3. The molecule has 0 unspecified atom stereocenters. The van der Waals surface area contributed by atoms with E-state index in [1.165, 1.54) is 0 Å². The zero-order valence-electron chi connectivity index (χ0n) is 13.1. The lowest BCUT2D eigenvalue weighted by Gasteiger charge is -2.32. The molecule has 2 rings (SSSR count). The molecule has 1 aromatic heterocycles. The van der Waals surface area contributed by atoms with Crippen LogP contribution < -0.4 is 5.32 Å². The van der Waals surface area contributed by atoms with Crippen molar-refractivity contribution in [3.63, 3.8) is 0 Å². The van der Waals surface area contributed by atoms with Gasteiger partial charge in [-0.3, -0.25) is 0 Å². The van der Waals surface area contributed by atoms with E-state index >= 15 is 0 Å². The summed E-state index contributed by atoms with van der Waals surface area (Å²) < 4.78 is 16.8. The van der Waals surface area contributed by atoms with Crippen LogP contribution in [-0.4, -0.2) is 29.5 Å². The molecule has 0 aliphatic carbocycles. The standard InChI is InChI=1S/C14H23BN2O3/c1-10(16-12-9-11(2)18-17-12)7-8-15-19-13(3,4)14(5,6)20-15/h7-10H,1-6H3,(H,16,17)/b8-7+/t10-/m0/s1. The van der Waals surface area contributed by atoms with Crippen molar-refractivity contribution in [1.29, 1.82) is 0 Å². The third-order valence-corrected chi connectivity index (χ3v) is 3.83. The molecule has 0 amide bonds. The zero-order chi connectivity index (χ0) is 15.0. The van der Waals surface area contributed by atoms with E-state index in [-0.39, 0.29) is 24.4 Å². The summed E-state index contributed by atoms with van der Waals surface area (Å²) in [6, 6.07) is 1.97. The quantitative estimate of drug-likeness (QED) is 0.858. The van der Waals surface area contributed by atoms with Crippen molar-refractivity contribution in [2.24, 2.45) is 0 Å². The van der Waals surface area contributed by atoms with E-state index in [2.05, 4.69) is 10.5 Å². The van der Waals surface area contributed by atoms with Gasteiger partial charge in [0.15, 0.2) is 5.82 Å². The molecule has 6 heteroatoms. The highest BCUT2D eigenvalue weighted by Gasteiger charge is 2.49. The average Bonchev–Trinajstić information content (AvgIpc) is 2.78. The predicted molar refractivity (Wildman–Crippen MR) is 79.5 cm³/mol. The van der Waals surface area contributed by atoms with Crippen LogP contribution in [0.5, 0.6) is 0 Å². The first-order chi connectivity index (χ1) is 9.19. The Morgan fingerprint density at radius 2 is 1.85 bits per heavy atom. The van der Waals surface area contributed by atoms with Gasteiger partial charge in [0.25, 0.3) is 0 Å². The maximum atomic E-state index is 5.90. The lowest BCUT2D eigenvalue weighted by molar-refractivity contribution is 0.00578. The summed E-state index contributed by atoms with van der Waals surface area (Å²) in [6.45, 7) is 12.1. The van der Waals surface area contributed by atoms with Crippen molar-refractivity contribution >= 4 is 12.9 Å². The average molecular weight is 278 g/mol. The molecule has 1 saturated heterocycles. The maximum Gasteiger partial charge on any atom is 0.486 e. The topological polar surface area (TPSA) is 56.5 Å². The van der Waals surface area contributed by atoms with Crippen LogP contribution in [0.3, 0.4) is 0 Å². The predicted octanol–water partition coefficient (Wildman–Crippen LogP) is 2.97. The molecule has 1 N–H and O–H groups in total. The van der Waals surface area contributed by atoms with Crippen molar-refractivity contribution in [1.82, 2.24) is 5.16 Å². The third-order valence-electron chi connectivity index (χ3n) is 3.83. The monoisotopic (exact) mass is 278 g/mol. The summed E-state index contributed by atoms with van der Waals surface area (Å²) >= 11 is 0. The minimum Gasteiger partial charge on any atom is -0.400 e. The number of hydrogen-bond acceptors (Lipinski definition) is 5. The van der Waals surface area contributed by atoms with Gasteiger partial charge in [-0.2, -0.15) is 0 Å². The van der Waals surface area contributed by atoms with Gasteiger partial charge in [-0.05, 0) is 41.5 Å². The number of nitrogens with zero attached hydrogens (tertiary/aromatic N) is 1. The van der Waals surface area contributed by atoms with Crippen LogP contribution in [0.4, 0.5) is 5.82 Å². The van der Waals surface area contributed by atoms with Crippen molar-refractivity contribution in [3.05, 3.63) is 23.9 Å².